The minimum atomic E-state index is -0.330. The molecule has 174 valence electrons. The molecule has 1 aliphatic rings. The van der Waals surface area contributed by atoms with E-state index in [0.717, 1.165) is 18.4 Å². The summed E-state index contributed by atoms with van der Waals surface area (Å²) in [6, 6.07) is 16.2. The third-order valence-corrected chi connectivity index (χ3v) is 6.69. The average Bonchev–Trinajstić information content (AvgIpc) is 3.32. The molecule has 0 amide bonds. The molecular weight excluding hydrogens is 466 g/mol. The topological polar surface area (TPSA) is 97.4 Å². The molecule has 0 unspecified atom stereocenters. The first-order valence-electron chi connectivity index (χ1n) is 11.4. The molecule has 0 aliphatic heterocycles. The van der Waals surface area contributed by atoms with Crippen molar-refractivity contribution < 1.29 is 14.2 Å². The lowest BCUT2D eigenvalue weighted by Gasteiger charge is -2.20. The summed E-state index contributed by atoms with van der Waals surface area (Å²) in [7, 11) is 0. The van der Waals surface area contributed by atoms with Gasteiger partial charge in [0.1, 0.15) is 11.7 Å². The number of pyridine rings is 2. The Labute approximate surface area is 205 Å². The molecule has 0 spiro atoms. The predicted octanol–water partition coefficient (Wildman–Crippen LogP) is 4.37. The zero-order valence-corrected chi connectivity index (χ0v) is 19.4. The molecule has 9 heteroatoms. The monoisotopic (exact) mass is 486 g/mol. The van der Waals surface area contributed by atoms with Crippen molar-refractivity contribution in [1.29, 1.82) is 0 Å². The van der Waals surface area contributed by atoms with Crippen LogP contribution in [-0.2, 0) is 6.54 Å². The SMILES string of the molecule is O=c1c(-c2cccc(-c3noc(C4CCC4)n3)c2)c(O)[n+](Cc2ccc(Cl)nc2)c2ccccn12. The van der Waals surface area contributed by atoms with Gasteiger partial charge in [0.2, 0.25) is 11.7 Å². The number of aromatic nitrogens is 5. The summed E-state index contributed by atoms with van der Waals surface area (Å²) in [5, 5.41) is 15.9. The van der Waals surface area contributed by atoms with Crippen LogP contribution in [-0.4, -0.2) is 24.6 Å². The van der Waals surface area contributed by atoms with E-state index in [1.807, 2.05) is 24.3 Å². The van der Waals surface area contributed by atoms with Gasteiger partial charge in [0.25, 0.3) is 11.5 Å². The number of nitrogens with zero attached hydrogens (tertiary/aromatic N) is 5. The van der Waals surface area contributed by atoms with Crippen LogP contribution in [0.1, 0.15) is 36.6 Å². The highest BCUT2D eigenvalue weighted by Gasteiger charge is 2.27. The first-order valence-corrected chi connectivity index (χ1v) is 11.8. The van der Waals surface area contributed by atoms with Gasteiger partial charge in [-0.2, -0.15) is 14.0 Å². The van der Waals surface area contributed by atoms with Gasteiger partial charge in [-0.1, -0.05) is 53.5 Å². The van der Waals surface area contributed by atoms with Crippen LogP contribution in [0.2, 0.25) is 5.15 Å². The van der Waals surface area contributed by atoms with Crippen LogP contribution in [0.25, 0.3) is 28.2 Å². The molecule has 4 heterocycles. The summed E-state index contributed by atoms with van der Waals surface area (Å²) in [6.07, 6.45) is 6.63. The molecule has 0 saturated heterocycles. The van der Waals surface area contributed by atoms with Crippen molar-refractivity contribution in [3.63, 3.8) is 0 Å². The number of aromatic hydroxyl groups is 1. The van der Waals surface area contributed by atoms with E-state index in [-0.39, 0.29) is 17.0 Å². The Balaban J connectivity index is 1.48. The fraction of sp³-hybridized carbons (Fsp3) is 0.192. The van der Waals surface area contributed by atoms with E-state index >= 15 is 0 Å². The lowest BCUT2D eigenvalue weighted by molar-refractivity contribution is -0.671. The predicted molar refractivity (Wildman–Crippen MR) is 129 cm³/mol. The van der Waals surface area contributed by atoms with Crippen LogP contribution in [0.3, 0.4) is 0 Å². The summed E-state index contributed by atoms with van der Waals surface area (Å²) in [6.45, 7) is 0.298. The Kier molecular flexibility index (Phi) is 5.30. The highest BCUT2D eigenvalue weighted by atomic mass is 35.5. The first kappa shape index (κ1) is 21.5. The second kappa shape index (κ2) is 8.63. The van der Waals surface area contributed by atoms with E-state index in [1.165, 1.54) is 10.8 Å². The highest BCUT2D eigenvalue weighted by Crippen LogP contribution is 2.36. The fourth-order valence-corrected chi connectivity index (χ4v) is 4.48. The van der Waals surface area contributed by atoms with E-state index in [1.54, 1.807) is 47.3 Å². The fourth-order valence-electron chi connectivity index (χ4n) is 4.36. The number of fused-ring (bicyclic) bond motifs is 1. The molecule has 1 N–H and O–H groups in total. The third kappa shape index (κ3) is 3.85. The van der Waals surface area contributed by atoms with Crippen LogP contribution < -0.4 is 10.1 Å². The Morgan fingerprint density at radius 1 is 1.11 bits per heavy atom. The van der Waals surface area contributed by atoms with Crippen molar-refractivity contribution in [2.24, 2.45) is 0 Å². The molecule has 0 atom stereocenters. The number of benzene rings is 1. The van der Waals surface area contributed by atoms with Crippen molar-refractivity contribution in [2.45, 2.75) is 31.7 Å². The van der Waals surface area contributed by atoms with Crippen LogP contribution in [0, 0.1) is 0 Å². The molecule has 1 saturated carbocycles. The number of rotatable bonds is 5. The summed E-state index contributed by atoms with van der Waals surface area (Å²) in [5.41, 5.74) is 2.50. The summed E-state index contributed by atoms with van der Waals surface area (Å²) in [4.78, 5) is 22.2. The van der Waals surface area contributed by atoms with E-state index in [9.17, 15) is 9.90 Å². The number of hydrogen-bond acceptors (Lipinski definition) is 6. The smallest absolute Gasteiger partial charge is 0.354 e. The normalized spacial score (nSPS) is 13.7. The van der Waals surface area contributed by atoms with Crippen molar-refractivity contribution in [3.05, 3.63) is 94.0 Å². The molecule has 4 aromatic heterocycles. The van der Waals surface area contributed by atoms with E-state index in [4.69, 9.17) is 16.1 Å². The van der Waals surface area contributed by atoms with Crippen molar-refractivity contribution >= 4 is 17.2 Å². The summed E-state index contributed by atoms with van der Waals surface area (Å²) < 4.78 is 8.67. The molecular formula is C26H21ClN5O3+. The van der Waals surface area contributed by atoms with Gasteiger partial charge < -0.3 is 9.63 Å². The standard InChI is InChI=1S/C26H20ClN5O3/c27-20-11-10-16(14-28-20)15-32-21-9-1-2-12-31(21)25(33)22(26(32)34)18-7-4-8-19(13-18)23-29-24(35-30-23)17-5-3-6-17/h1-2,4,7-14,17H,3,5-6,15H2/p+1. The van der Waals surface area contributed by atoms with Crippen LogP contribution >= 0.6 is 11.6 Å². The van der Waals surface area contributed by atoms with Gasteiger partial charge >= 0.3 is 5.56 Å². The van der Waals surface area contributed by atoms with E-state index in [2.05, 4.69) is 15.1 Å². The second-order valence-corrected chi connectivity index (χ2v) is 9.06. The lowest BCUT2D eigenvalue weighted by atomic mass is 9.85. The van der Waals surface area contributed by atoms with Gasteiger partial charge in [-0.05, 0) is 36.6 Å². The maximum Gasteiger partial charge on any atom is 0.354 e. The quantitative estimate of drug-likeness (QED) is 0.292. The Morgan fingerprint density at radius 2 is 1.97 bits per heavy atom. The average molecular weight is 487 g/mol. The van der Waals surface area contributed by atoms with Crippen LogP contribution in [0.5, 0.6) is 5.88 Å². The summed E-state index contributed by atoms with van der Waals surface area (Å²) in [5.74, 6) is 1.31. The highest BCUT2D eigenvalue weighted by molar-refractivity contribution is 6.29. The van der Waals surface area contributed by atoms with E-state index in [0.29, 0.717) is 46.1 Å². The largest absolute Gasteiger partial charge is 0.477 e. The minimum absolute atomic E-state index is 0.142. The Hall–Kier alpha value is -4.04. The van der Waals surface area contributed by atoms with E-state index < -0.39 is 0 Å². The zero-order chi connectivity index (χ0) is 23.9. The van der Waals surface area contributed by atoms with Gasteiger partial charge in [0.05, 0.1) is 6.20 Å². The lowest BCUT2D eigenvalue weighted by Crippen LogP contribution is -2.41. The van der Waals surface area contributed by atoms with Gasteiger partial charge in [-0.15, -0.1) is 0 Å². The second-order valence-electron chi connectivity index (χ2n) is 8.67. The van der Waals surface area contributed by atoms with Gasteiger partial charge in [0, 0.05) is 29.3 Å². The molecule has 5 aromatic rings. The molecule has 0 bridgehead atoms. The first-order chi connectivity index (χ1) is 17.1. The molecule has 1 fully saturated rings. The molecule has 6 rings (SSSR count). The Bertz CT molecular complexity index is 1610. The van der Waals surface area contributed by atoms with Gasteiger partial charge in [0.15, 0.2) is 5.56 Å². The third-order valence-electron chi connectivity index (χ3n) is 6.46. The van der Waals surface area contributed by atoms with Gasteiger partial charge in [-0.25, -0.2) is 9.78 Å². The summed E-state index contributed by atoms with van der Waals surface area (Å²) >= 11 is 5.93. The zero-order valence-electron chi connectivity index (χ0n) is 18.6. The van der Waals surface area contributed by atoms with Gasteiger partial charge in [-0.3, -0.25) is 0 Å². The van der Waals surface area contributed by atoms with Crippen molar-refractivity contribution in [2.75, 3.05) is 0 Å². The molecule has 1 aliphatic carbocycles. The van der Waals surface area contributed by atoms with Crippen molar-refractivity contribution in [3.8, 4) is 28.4 Å². The molecule has 1 aromatic carbocycles. The molecule has 35 heavy (non-hydrogen) atoms. The number of halogens is 1. The maximum atomic E-state index is 13.5. The van der Waals surface area contributed by atoms with Crippen LogP contribution in [0.4, 0.5) is 0 Å². The number of hydrogen-bond donors (Lipinski definition) is 1. The maximum absolute atomic E-state index is 13.5. The Morgan fingerprint density at radius 3 is 2.74 bits per heavy atom. The minimum Gasteiger partial charge on any atom is -0.477 e. The van der Waals surface area contributed by atoms with Crippen LogP contribution in [0.15, 0.2) is 76.3 Å². The van der Waals surface area contributed by atoms with Crippen molar-refractivity contribution in [1.82, 2.24) is 19.5 Å². The molecule has 8 nitrogen and oxygen atoms in total. The molecule has 0 radical (unpaired) electrons.